The van der Waals surface area contributed by atoms with E-state index in [2.05, 4.69) is 15.2 Å². The molecule has 27 heavy (non-hydrogen) atoms. The third-order valence-corrected chi connectivity index (χ3v) is 5.28. The Morgan fingerprint density at radius 3 is 2.70 bits per heavy atom. The lowest BCUT2D eigenvalue weighted by molar-refractivity contribution is 0.0947. The van der Waals surface area contributed by atoms with Crippen LogP contribution in [0.2, 0.25) is 0 Å². The average molecular weight is 383 g/mol. The number of amides is 1. The predicted molar refractivity (Wildman–Crippen MR) is 98.6 cm³/mol. The maximum atomic E-state index is 12.5. The van der Waals surface area contributed by atoms with Gasteiger partial charge in [0.05, 0.1) is 10.5 Å². The zero-order valence-electron chi connectivity index (χ0n) is 13.7. The maximum absolute atomic E-state index is 12.5. The molecule has 0 aliphatic carbocycles. The van der Waals surface area contributed by atoms with Crippen LogP contribution in [0.3, 0.4) is 0 Å². The minimum Gasteiger partial charge on any atom is -0.423 e. The average Bonchev–Trinajstić information content (AvgIpc) is 3.10. The van der Waals surface area contributed by atoms with Crippen molar-refractivity contribution in [1.82, 2.24) is 15.2 Å². The summed E-state index contributed by atoms with van der Waals surface area (Å²) in [6.07, 6.45) is 1.51. The minimum absolute atomic E-state index is 0.0805. The van der Waals surface area contributed by atoms with E-state index in [0.717, 1.165) is 5.52 Å². The minimum atomic E-state index is -4.01. The molecule has 0 radical (unpaired) electrons. The second-order valence-electron chi connectivity index (χ2n) is 5.76. The van der Waals surface area contributed by atoms with E-state index in [1.54, 1.807) is 12.1 Å². The van der Waals surface area contributed by atoms with E-state index in [1.165, 1.54) is 36.5 Å². The fourth-order valence-corrected chi connectivity index (χ4v) is 3.59. The van der Waals surface area contributed by atoms with Gasteiger partial charge < -0.3 is 9.40 Å². The van der Waals surface area contributed by atoms with Crippen molar-refractivity contribution >= 4 is 37.8 Å². The lowest BCUT2D eigenvalue weighted by Crippen LogP contribution is -2.41. The molecule has 3 N–H and O–H groups in total. The Labute approximate surface area is 152 Å². The molecule has 0 spiro atoms. The van der Waals surface area contributed by atoms with Crippen molar-refractivity contribution in [3.8, 4) is 0 Å². The highest BCUT2D eigenvalue weighted by molar-refractivity contribution is 7.89. The van der Waals surface area contributed by atoms with Crippen LogP contribution in [-0.2, 0) is 10.0 Å². The van der Waals surface area contributed by atoms with Gasteiger partial charge in [-0.05, 0) is 30.3 Å². The van der Waals surface area contributed by atoms with E-state index in [0.29, 0.717) is 16.3 Å². The Morgan fingerprint density at radius 1 is 1.04 bits per heavy atom. The molecule has 8 nitrogen and oxygen atoms in total. The molecule has 9 heteroatoms. The number of carbonyl (C=O) groups excluding carboxylic acids is 1. The lowest BCUT2D eigenvalue weighted by Gasteiger charge is -2.08. The van der Waals surface area contributed by atoms with Crippen LogP contribution >= 0.6 is 0 Å². The van der Waals surface area contributed by atoms with Gasteiger partial charge in [-0.3, -0.25) is 10.2 Å². The summed E-state index contributed by atoms with van der Waals surface area (Å²) in [5, 5.41) is 1.12. The number of hydrogen-bond donors (Lipinski definition) is 3. The third kappa shape index (κ3) is 3.21. The topological polar surface area (TPSA) is 121 Å². The third-order valence-electron chi connectivity index (χ3n) is 4.03. The van der Waals surface area contributed by atoms with Crippen molar-refractivity contribution < 1.29 is 17.6 Å². The summed E-state index contributed by atoms with van der Waals surface area (Å²) in [6.45, 7) is 0. The van der Waals surface area contributed by atoms with E-state index in [1.807, 2.05) is 12.1 Å². The van der Waals surface area contributed by atoms with Gasteiger partial charge in [0.2, 0.25) is 0 Å². The lowest BCUT2D eigenvalue weighted by atomic mass is 10.2. The van der Waals surface area contributed by atoms with Crippen LogP contribution in [0.4, 0.5) is 0 Å². The summed E-state index contributed by atoms with van der Waals surface area (Å²) >= 11 is 0. The Balaban J connectivity index is 1.57. The van der Waals surface area contributed by atoms with Gasteiger partial charge in [0, 0.05) is 28.6 Å². The van der Waals surface area contributed by atoms with E-state index in [9.17, 15) is 18.0 Å². The summed E-state index contributed by atoms with van der Waals surface area (Å²) in [6, 6.07) is 13.8. The van der Waals surface area contributed by atoms with Gasteiger partial charge in [-0.2, -0.15) is 0 Å². The SMILES string of the molecule is O=C(NNS(=O)(=O)c1ccc2oc(=O)ccc2c1)c1c[nH]c2ccccc12. The van der Waals surface area contributed by atoms with Gasteiger partial charge in [-0.1, -0.05) is 18.2 Å². The molecule has 0 unspecified atom stereocenters. The molecule has 0 atom stereocenters. The number of aromatic amines is 1. The Bertz CT molecular complexity index is 1340. The number of aromatic nitrogens is 1. The zero-order chi connectivity index (χ0) is 19.0. The molecule has 4 rings (SSSR count). The summed E-state index contributed by atoms with van der Waals surface area (Å²) in [7, 11) is -4.01. The molecule has 0 fully saturated rings. The number of H-pyrrole nitrogens is 1. The van der Waals surface area contributed by atoms with Crippen molar-refractivity contribution in [2.24, 2.45) is 0 Å². The Morgan fingerprint density at radius 2 is 1.85 bits per heavy atom. The quantitative estimate of drug-likeness (QED) is 0.367. The van der Waals surface area contributed by atoms with Gasteiger partial charge in [0.15, 0.2) is 0 Å². The first-order valence-electron chi connectivity index (χ1n) is 7.86. The second-order valence-corrected chi connectivity index (χ2v) is 7.44. The molecule has 4 aromatic rings. The first-order chi connectivity index (χ1) is 12.9. The molecular formula is C18H13N3O5S. The summed E-state index contributed by atoms with van der Waals surface area (Å²) in [5.41, 5.74) is 3.02. The smallest absolute Gasteiger partial charge is 0.336 e. The van der Waals surface area contributed by atoms with Crippen molar-refractivity contribution in [2.75, 3.05) is 0 Å². The predicted octanol–water partition coefficient (Wildman–Crippen LogP) is 1.90. The first kappa shape index (κ1) is 17.0. The fourth-order valence-electron chi connectivity index (χ4n) is 2.72. The molecular weight excluding hydrogens is 370 g/mol. The van der Waals surface area contributed by atoms with Crippen molar-refractivity contribution in [3.05, 3.63) is 76.8 Å². The molecule has 2 aromatic carbocycles. The van der Waals surface area contributed by atoms with Crippen molar-refractivity contribution in [2.45, 2.75) is 4.90 Å². The highest BCUT2D eigenvalue weighted by atomic mass is 32.2. The van der Waals surface area contributed by atoms with Gasteiger partial charge in [0.25, 0.3) is 15.9 Å². The molecule has 0 saturated heterocycles. The summed E-state index contributed by atoms with van der Waals surface area (Å²) < 4.78 is 29.9. The van der Waals surface area contributed by atoms with E-state index >= 15 is 0 Å². The Hall–Kier alpha value is -3.43. The van der Waals surface area contributed by atoms with Gasteiger partial charge in [-0.25, -0.2) is 13.2 Å². The van der Waals surface area contributed by atoms with E-state index in [-0.39, 0.29) is 10.5 Å². The van der Waals surface area contributed by atoms with Crippen LogP contribution in [0.25, 0.3) is 21.9 Å². The number of nitrogens with one attached hydrogen (secondary N) is 3. The number of para-hydroxylation sites is 1. The van der Waals surface area contributed by atoms with Gasteiger partial charge in [0.1, 0.15) is 5.58 Å². The first-order valence-corrected chi connectivity index (χ1v) is 9.34. The number of hydrazine groups is 1. The number of carbonyl (C=O) groups is 1. The van der Waals surface area contributed by atoms with Gasteiger partial charge >= 0.3 is 5.63 Å². The standard InChI is InChI=1S/C18H13N3O5S/c22-17-8-5-11-9-12(6-7-16(11)26-17)27(24,25)21-20-18(23)14-10-19-15-4-2-1-3-13(14)15/h1-10,19,21H,(H,20,23). The number of sulfonamides is 1. The molecule has 0 bridgehead atoms. The number of hydrogen-bond acceptors (Lipinski definition) is 5. The maximum Gasteiger partial charge on any atom is 0.336 e. The highest BCUT2D eigenvalue weighted by Crippen LogP contribution is 2.19. The number of fused-ring (bicyclic) bond motifs is 2. The monoisotopic (exact) mass is 383 g/mol. The molecule has 2 heterocycles. The van der Waals surface area contributed by atoms with Crippen LogP contribution in [-0.4, -0.2) is 19.3 Å². The summed E-state index contributed by atoms with van der Waals surface area (Å²) in [4.78, 5) is 28.5. The van der Waals surface area contributed by atoms with Crippen LogP contribution in [0.1, 0.15) is 10.4 Å². The number of benzene rings is 2. The molecule has 2 aromatic heterocycles. The summed E-state index contributed by atoms with van der Waals surface area (Å²) in [5.74, 6) is -0.595. The van der Waals surface area contributed by atoms with Crippen LogP contribution < -0.4 is 15.9 Å². The Kier molecular flexibility index (Phi) is 4.02. The molecule has 0 saturated carbocycles. The van der Waals surface area contributed by atoms with E-state index in [4.69, 9.17) is 4.42 Å². The molecule has 136 valence electrons. The zero-order valence-corrected chi connectivity index (χ0v) is 14.5. The van der Waals surface area contributed by atoms with Crippen molar-refractivity contribution in [3.63, 3.8) is 0 Å². The largest absolute Gasteiger partial charge is 0.423 e. The normalized spacial score (nSPS) is 11.7. The second kappa shape index (κ2) is 6.38. The van der Waals surface area contributed by atoms with E-state index < -0.39 is 21.6 Å². The van der Waals surface area contributed by atoms with Gasteiger partial charge in [-0.15, -0.1) is 4.83 Å². The molecule has 0 aliphatic heterocycles. The molecule has 1 amide bonds. The highest BCUT2D eigenvalue weighted by Gasteiger charge is 2.18. The van der Waals surface area contributed by atoms with Crippen molar-refractivity contribution in [1.29, 1.82) is 0 Å². The molecule has 0 aliphatic rings. The van der Waals surface area contributed by atoms with Crippen LogP contribution in [0.15, 0.2) is 74.9 Å². The van der Waals surface area contributed by atoms with Crippen LogP contribution in [0, 0.1) is 0 Å². The fraction of sp³-hybridized carbons (Fsp3) is 0. The van der Waals surface area contributed by atoms with Crippen LogP contribution in [0.5, 0.6) is 0 Å². The number of rotatable bonds is 4.